The Hall–Kier alpha value is -0.510. The van der Waals surface area contributed by atoms with Crippen LogP contribution >= 0.6 is 23.2 Å². The van der Waals surface area contributed by atoms with Gasteiger partial charge in [0.25, 0.3) is 0 Å². The highest BCUT2D eigenvalue weighted by Gasteiger charge is 2.33. The van der Waals surface area contributed by atoms with E-state index in [0.29, 0.717) is 22.3 Å². The van der Waals surface area contributed by atoms with Crippen molar-refractivity contribution < 1.29 is 0 Å². The number of nitrogens with one attached hydrogen (secondary N) is 1. The topological polar surface area (TPSA) is 28.2 Å². The lowest BCUT2D eigenvalue weighted by atomic mass is 9.93. The number of nitrogens with zero attached hydrogens (tertiary/aromatic N) is 2. The van der Waals surface area contributed by atoms with Crippen molar-refractivity contribution in [2.75, 3.05) is 18.0 Å². The second kappa shape index (κ2) is 4.06. The summed E-state index contributed by atoms with van der Waals surface area (Å²) in [6, 6.07) is 3.10. The summed E-state index contributed by atoms with van der Waals surface area (Å²) >= 11 is 11.8. The third-order valence-corrected chi connectivity index (χ3v) is 4.15. The molecule has 0 aliphatic carbocycles. The van der Waals surface area contributed by atoms with Crippen LogP contribution in [0.4, 0.5) is 5.69 Å². The number of fused-ring (bicyclic) bond motifs is 3. The maximum absolute atomic E-state index is 6.00. The van der Waals surface area contributed by atoms with E-state index >= 15 is 0 Å². The van der Waals surface area contributed by atoms with Gasteiger partial charge in [0.1, 0.15) is 5.15 Å². The fourth-order valence-corrected chi connectivity index (χ4v) is 2.86. The second-order valence-corrected chi connectivity index (χ2v) is 5.22. The van der Waals surface area contributed by atoms with Crippen molar-refractivity contribution in [3.63, 3.8) is 0 Å². The predicted molar refractivity (Wildman–Crippen MR) is 66.4 cm³/mol. The van der Waals surface area contributed by atoms with Gasteiger partial charge in [-0.15, -0.1) is 0 Å². The van der Waals surface area contributed by atoms with Crippen molar-refractivity contribution in [3.05, 3.63) is 22.4 Å². The van der Waals surface area contributed by atoms with E-state index in [4.69, 9.17) is 23.2 Å². The summed E-state index contributed by atoms with van der Waals surface area (Å²) in [5.41, 5.74) is 1.09. The number of hydrogen-bond donors (Lipinski definition) is 1. The Morgan fingerprint density at radius 2 is 2.25 bits per heavy atom. The lowest BCUT2D eigenvalue weighted by Crippen LogP contribution is -2.61. The highest BCUT2D eigenvalue weighted by molar-refractivity contribution is 6.41. The minimum atomic E-state index is 0.380. The van der Waals surface area contributed by atoms with Crippen LogP contribution in [0.1, 0.15) is 12.8 Å². The van der Waals surface area contributed by atoms with Crippen molar-refractivity contribution in [2.45, 2.75) is 24.9 Å². The Morgan fingerprint density at radius 1 is 1.38 bits per heavy atom. The van der Waals surface area contributed by atoms with Crippen molar-refractivity contribution in [3.8, 4) is 0 Å². The van der Waals surface area contributed by atoms with Crippen molar-refractivity contribution in [1.29, 1.82) is 0 Å². The van der Waals surface area contributed by atoms with Gasteiger partial charge in [-0.2, -0.15) is 0 Å². The van der Waals surface area contributed by atoms with Gasteiger partial charge in [-0.05, 0) is 18.9 Å². The van der Waals surface area contributed by atoms with E-state index in [2.05, 4.69) is 15.2 Å². The summed E-state index contributed by atoms with van der Waals surface area (Å²) in [5.74, 6) is 0. The Morgan fingerprint density at radius 3 is 2.81 bits per heavy atom. The molecule has 2 bridgehead atoms. The number of anilines is 1. The summed E-state index contributed by atoms with van der Waals surface area (Å²) in [6.07, 6.45) is 4.34. The van der Waals surface area contributed by atoms with E-state index < -0.39 is 0 Å². The summed E-state index contributed by atoms with van der Waals surface area (Å²) < 4.78 is 0. The molecule has 3 nitrogen and oxygen atoms in total. The van der Waals surface area contributed by atoms with Crippen LogP contribution in [0.25, 0.3) is 0 Å². The molecule has 0 unspecified atom stereocenters. The van der Waals surface area contributed by atoms with Gasteiger partial charge in [0.05, 0.1) is 16.9 Å². The zero-order valence-corrected chi connectivity index (χ0v) is 10.3. The molecular weight excluding hydrogens is 245 g/mol. The number of pyridine rings is 1. The van der Waals surface area contributed by atoms with Crippen molar-refractivity contribution in [1.82, 2.24) is 10.3 Å². The lowest BCUT2D eigenvalue weighted by Gasteiger charge is -2.47. The molecule has 0 amide bonds. The fraction of sp³-hybridized carbons (Fsp3) is 0.545. The quantitative estimate of drug-likeness (QED) is 0.783. The van der Waals surface area contributed by atoms with Crippen LogP contribution in [-0.4, -0.2) is 30.2 Å². The minimum absolute atomic E-state index is 0.380. The van der Waals surface area contributed by atoms with Crippen LogP contribution in [0, 0.1) is 0 Å². The maximum Gasteiger partial charge on any atom is 0.147 e. The molecule has 0 saturated carbocycles. The standard InChI is InChI=1S/C11H13Cl2N3/c12-10-3-9(5-15-11(10)13)16-6-7-1-2-8(16)4-14-7/h3,5,7-8,14H,1-2,4,6H2/t7-,8-/m1/s1. The maximum atomic E-state index is 6.00. The van der Waals surface area contributed by atoms with Gasteiger partial charge in [0, 0.05) is 25.2 Å². The predicted octanol–water partition coefficient (Wildman–Crippen LogP) is 2.33. The van der Waals surface area contributed by atoms with Gasteiger partial charge < -0.3 is 10.2 Å². The number of rotatable bonds is 1. The van der Waals surface area contributed by atoms with Crippen LogP contribution in [0.15, 0.2) is 12.3 Å². The summed E-state index contributed by atoms with van der Waals surface area (Å²) in [4.78, 5) is 6.50. The molecule has 1 N–H and O–H groups in total. The smallest absolute Gasteiger partial charge is 0.147 e. The van der Waals surface area contributed by atoms with Gasteiger partial charge in [0.2, 0.25) is 0 Å². The molecule has 1 aromatic heterocycles. The van der Waals surface area contributed by atoms with Gasteiger partial charge in [-0.1, -0.05) is 23.2 Å². The lowest BCUT2D eigenvalue weighted by molar-refractivity contribution is 0.290. The molecule has 0 radical (unpaired) electrons. The van der Waals surface area contributed by atoms with E-state index in [1.165, 1.54) is 12.8 Å². The zero-order chi connectivity index (χ0) is 11.1. The average molecular weight is 258 g/mol. The minimum Gasteiger partial charge on any atom is -0.364 e. The van der Waals surface area contributed by atoms with Gasteiger partial charge >= 0.3 is 0 Å². The summed E-state index contributed by atoms with van der Waals surface area (Å²) in [6.45, 7) is 2.11. The molecule has 0 aromatic carbocycles. The Labute approximate surface area is 105 Å². The third-order valence-electron chi connectivity index (χ3n) is 3.46. The third kappa shape index (κ3) is 1.77. The summed E-state index contributed by atoms with van der Waals surface area (Å²) in [5, 5.41) is 4.44. The molecule has 2 atom stereocenters. The largest absolute Gasteiger partial charge is 0.364 e. The first-order valence-electron chi connectivity index (χ1n) is 5.55. The van der Waals surface area contributed by atoms with Gasteiger partial charge in [0.15, 0.2) is 0 Å². The molecule has 4 rings (SSSR count). The Kier molecular flexibility index (Phi) is 2.70. The first-order chi connectivity index (χ1) is 7.74. The zero-order valence-electron chi connectivity index (χ0n) is 8.79. The first-order valence-corrected chi connectivity index (χ1v) is 6.30. The van der Waals surface area contributed by atoms with E-state index in [-0.39, 0.29) is 0 Å². The van der Waals surface area contributed by atoms with Crippen molar-refractivity contribution >= 4 is 28.9 Å². The number of hydrogen-bond acceptors (Lipinski definition) is 3. The Bertz CT molecular complexity index is 402. The number of piperazine rings is 1. The van der Waals surface area contributed by atoms with E-state index in [0.717, 1.165) is 18.8 Å². The molecule has 86 valence electrons. The molecule has 3 aliphatic rings. The normalized spacial score (nSPS) is 28.5. The molecule has 0 spiro atoms. The Balaban J connectivity index is 1.89. The van der Waals surface area contributed by atoms with Gasteiger partial charge in [-0.25, -0.2) is 4.98 Å². The molecule has 3 aliphatic heterocycles. The van der Waals surface area contributed by atoms with Crippen LogP contribution in [0.2, 0.25) is 10.2 Å². The highest BCUT2D eigenvalue weighted by Crippen LogP contribution is 2.31. The highest BCUT2D eigenvalue weighted by atomic mass is 35.5. The second-order valence-electron chi connectivity index (χ2n) is 4.45. The molecule has 1 aromatic rings. The van der Waals surface area contributed by atoms with E-state index in [1.54, 1.807) is 0 Å². The number of piperidine rings is 2. The first kappa shape index (κ1) is 10.6. The molecule has 4 heterocycles. The molecule has 3 fully saturated rings. The van der Waals surface area contributed by atoms with Crippen LogP contribution in [0.5, 0.6) is 0 Å². The molecule has 16 heavy (non-hydrogen) atoms. The van der Waals surface area contributed by atoms with Crippen molar-refractivity contribution in [2.24, 2.45) is 0 Å². The van der Waals surface area contributed by atoms with E-state index in [9.17, 15) is 0 Å². The summed E-state index contributed by atoms with van der Waals surface area (Å²) in [7, 11) is 0. The van der Waals surface area contributed by atoms with Crippen LogP contribution in [-0.2, 0) is 0 Å². The number of halogens is 2. The molecule has 5 heteroatoms. The SMILES string of the molecule is Clc1cc(N2C[C@H]3CC[C@@H]2CN3)cnc1Cl. The van der Waals surface area contributed by atoms with Crippen LogP contribution in [0.3, 0.4) is 0 Å². The fourth-order valence-electron chi connectivity index (χ4n) is 2.59. The van der Waals surface area contributed by atoms with Gasteiger partial charge in [-0.3, -0.25) is 0 Å². The van der Waals surface area contributed by atoms with Crippen LogP contribution < -0.4 is 10.2 Å². The number of aromatic nitrogens is 1. The molecule has 3 saturated heterocycles. The monoisotopic (exact) mass is 257 g/mol. The molecular formula is C11H13Cl2N3. The average Bonchev–Trinajstić information content (AvgIpc) is 2.34. The van der Waals surface area contributed by atoms with E-state index in [1.807, 2.05) is 12.3 Å².